The predicted octanol–water partition coefficient (Wildman–Crippen LogP) is 2.06. The molecule has 1 fully saturated rings. The van der Waals surface area contributed by atoms with Gasteiger partial charge in [0, 0.05) is 43.0 Å². The van der Waals surface area contributed by atoms with Crippen LogP contribution in [0, 0.1) is 11.8 Å². The van der Waals surface area contributed by atoms with Gasteiger partial charge in [0.1, 0.15) is 12.4 Å². The summed E-state index contributed by atoms with van der Waals surface area (Å²) in [6, 6.07) is 9.13. The number of carbonyl (C=O) groups is 2. The van der Waals surface area contributed by atoms with Crippen molar-refractivity contribution in [2.24, 2.45) is 11.8 Å². The Bertz CT molecular complexity index is 745. The lowest BCUT2D eigenvalue weighted by atomic mass is 10.2. The first-order valence-corrected chi connectivity index (χ1v) is 8.89. The average molecular weight is 356 g/mol. The number of nitrogens with zero attached hydrogens (tertiary/aromatic N) is 2. The smallest absolute Gasteiger partial charge is 0.226 e. The number of aromatic nitrogens is 2. The summed E-state index contributed by atoms with van der Waals surface area (Å²) in [7, 11) is 0. The van der Waals surface area contributed by atoms with Crippen LogP contribution in [0.1, 0.15) is 19.8 Å². The highest BCUT2D eigenvalue weighted by molar-refractivity contribution is 5.91. The van der Waals surface area contributed by atoms with E-state index in [0.717, 1.165) is 6.42 Å². The minimum Gasteiger partial charge on any atom is -0.492 e. The highest BCUT2D eigenvalue weighted by Crippen LogP contribution is 2.37. The van der Waals surface area contributed by atoms with Crippen LogP contribution in [0.3, 0.4) is 0 Å². The highest BCUT2D eigenvalue weighted by atomic mass is 16.5. The lowest BCUT2D eigenvalue weighted by Crippen LogP contribution is -2.29. The second-order valence-corrected chi connectivity index (χ2v) is 6.55. The molecule has 1 aliphatic carbocycles. The summed E-state index contributed by atoms with van der Waals surface area (Å²) in [5, 5.41) is 9.75. The number of hydrogen-bond donors (Lipinski definition) is 2. The molecule has 1 heterocycles. The van der Waals surface area contributed by atoms with E-state index in [-0.39, 0.29) is 24.2 Å². The van der Waals surface area contributed by atoms with Crippen LogP contribution >= 0.6 is 0 Å². The summed E-state index contributed by atoms with van der Waals surface area (Å²) in [6.07, 6.45) is 4.80. The standard InChI is InChI=1S/C19H24N4O3/c1-14-12-17(14)19(25)20-8-6-18(24)22-15-4-2-5-16(13-15)26-11-10-23-9-3-7-21-23/h2-5,7,9,13-14,17H,6,8,10-12H2,1H3,(H,20,25)(H,22,24). The first kappa shape index (κ1) is 18.0. The fraction of sp³-hybridized carbons (Fsp3) is 0.421. The van der Waals surface area contributed by atoms with Crippen molar-refractivity contribution in [1.29, 1.82) is 0 Å². The second-order valence-electron chi connectivity index (χ2n) is 6.55. The molecule has 2 unspecified atom stereocenters. The molecule has 2 aromatic rings. The van der Waals surface area contributed by atoms with Crippen LogP contribution in [-0.4, -0.2) is 34.7 Å². The molecule has 2 N–H and O–H groups in total. The van der Waals surface area contributed by atoms with Crippen molar-refractivity contribution in [2.75, 3.05) is 18.5 Å². The molecule has 0 bridgehead atoms. The maximum Gasteiger partial charge on any atom is 0.226 e. The van der Waals surface area contributed by atoms with Crippen LogP contribution in [-0.2, 0) is 16.1 Å². The van der Waals surface area contributed by atoms with E-state index in [1.165, 1.54) is 0 Å². The Kier molecular flexibility index (Phi) is 5.88. The summed E-state index contributed by atoms with van der Waals surface area (Å²) in [5.74, 6) is 1.21. The molecule has 1 aliphatic rings. The number of nitrogens with one attached hydrogen (secondary N) is 2. The molecule has 2 amide bonds. The van der Waals surface area contributed by atoms with Crippen molar-refractivity contribution >= 4 is 17.5 Å². The van der Waals surface area contributed by atoms with Crippen LogP contribution in [0.25, 0.3) is 0 Å². The minimum atomic E-state index is -0.136. The van der Waals surface area contributed by atoms with E-state index in [9.17, 15) is 9.59 Å². The quantitative estimate of drug-likeness (QED) is 0.720. The second kappa shape index (κ2) is 8.51. The monoisotopic (exact) mass is 356 g/mol. The maximum atomic E-state index is 12.0. The Morgan fingerprint density at radius 3 is 2.92 bits per heavy atom. The molecule has 1 aromatic heterocycles. The number of anilines is 1. The molecule has 3 rings (SSSR count). The van der Waals surface area contributed by atoms with E-state index in [4.69, 9.17) is 4.74 Å². The average Bonchev–Trinajstić information content (AvgIpc) is 3.13. The lowest BCUT2D eigenvalue weighted by molar-refractivity contribution is -0.122. The van der Waals surface area contributed by atoms with Gasteiger partial charge in [-0.3, -0.25) is 14.3 Å². The molecule has 0 aliphatic heterocycles. The van der Waals surface area contributed by atoms with Gasteiger partial charge in [-0.25, -0.2) is 0 Å². The Balaban J connectivity index is 1.38. The van der Waals surface area contributed by atoms with Crippen LogP contribution in [0.5, 0.6) is 5.75 Å². The molecule has 138 valence electrons. The Morgan fingerprint density at radius 1 is 1.35 bits per heavy atom. The van der Waals surface area contributed by atoms with E-state index in [1.54, 1.807) is 16.9 Å². The zero-order chi connectivity index (χ0) is 18.4. The first-order chi connectivity index (χ1) is 12.6. The van der Waals surface area contributed by atoms with E-state index < -0.39 is 0 Å². The van der Waals surface area contributed by atoms with Gasteiger partial charge in [0.2, 0.25) is 11.8 Å². The fourth-order valence-electron chi connectivity index (χ4n) is 2.69. The van der Waals surface area contributed by atoms with Crippen LogP contribution in [0.4, 0.5) is 5.69 Å². The molecule has 1 aromatic carbocycles. The van der Waals surface area contributed by atoms with Gasteiger partial charge in [-0.1, -0.05) is 13.0 Å². The Morgan fingerprint density at radius 2 is 2.19 bits per heavy atom. The van der Waals surface area contributed by atoms with E-state index in [2.05, 4.69) is 22.7 Å². The van der Waals surface area contributed by atoms with Gasteiger partial charge < -0.3 is 15.4 Å². The molecule has 7 nitrogen and oxygen atoms in total. The lowest BCUT2D eigenvalue weighted by Gasteiger charge is -2.10. The summed E-state index contributed by atoms with van der Waals surface area (Å²) in [4.78, 5) is 23.7. The largest absolute Gasteiger partial charge is 0.492 e. The third-order valence-electron chi connectivity index (χ3n) is 4.36. The normalized spacial score (nSPS) is 18.2. The molecule has 0 radical (unpaired) electrons. The van der Waals surface area contributed by atoms with Gasteiger partial charge in [-0.15, -0.1) is 0 Å². The topological polar surface area (TPSA) is 85.3 Å². The fourth-order valence-corrected chi connectivity index (χ4v) is 2.69. The van der Waals surface area contributed by atoms with Gasteiger partial charge in [0.05, 0.1) is 6.54 Å². The van der Waals surface area contributed by atoms with Gasteiger partial charge in [0.15, 0.2) is 0 Å². The molecule has 0 spiro atoms. The van der Waals surface area contributed by atoms with Crippen molar-refractivity contribution < 1.29 is 14.3 Å². The first-order valence-electron chi connectivity index (χ1n) is 8.89. The van der Waals surface area contributed by atoms with Crippen LogP contribution in [0.15, 0.2) is 42.7 Å². The maximum absolute atomic E-state index is 12.0. The number of amides is 2. The SMILES string of the molecule is CC1CC1C(=O)NCCC(=O)Nc1cccc(OCCn2cccn2)c1. The Labute approximate surface area is 152 Å². The van der Waals surface area contributed by atoms with Gasteiger partial charge in [-0.05, 0) is 30.5 Å². The van der Waals surface area contributed by atoms with Crippen LogP contribution in [0.2, 0.25) is 0 Å². The number of ether oxygens (including phenoxy) is 1. The third-order valence-corrected chi connectivity index (χ3v) is 4.36. The van der Waals surface area contributed by atoms with Gasteiger partial charge >= 0.3 is 0 Å². The highest BCUT2D eigenvalue weighted by Gasteiger charge is 2.38. The molecule has 26 heavy (non-hydrogen) atoms. The molecular weight excluding hydrogens is 332 g/mol. The van der Waals surface area contributed by atoms with Crippen molar-refractivity contribution in [2.45, 2.75) is 26.3 Å². The molecular formula is C19H24N4O3. The molecule has 2 atom stereocenters. The zero-order valence-corrected chi connectivity index (χ0v) is 14.9. The predicted molar refractivity (Wildman–Crippen MR) is 97.7 cm³/mol. The van der Waals surface area contributed by atoms with Crippen molar-refractivity contribution in [3.8, 4) is 5.75 Å². The van der Waals surface area contributed by atoms with Gasteiger partial charge in [-0.2, -0.15) is 5.10 Å². The Hall–Kier alpha value is -2.83. The number of benzene rings is 1. The molecule has 7 heteroatoms. The molecule has 1 saturated carbocycles. The summed E-state index contributed by atoms with van der Waals surface area (Å²) < 4.78 is 7.48. The van der Waals surface area contributed by atoms with Crippen molar-refractivity contribution in [3.63, 3.8) is 0 Å². The third kappa shape index (κ3) is 5.34. The van der Waals surface area contributed by atoms with Crippen LogP contribution < -0.4 is 15.4 Å². The number of rotatable bonds is 9. The van der Waals surface area contributed by atoms with E-state index in [1.807, 2.05) is 30.5 Å². The van der Waals surface area contributed by atoms with Gasteiger partial charge in [0.25, 0.3) is 0 Å². The number of hydrogen-bond acceptors (Lipinski definition) is 4. The zero-order valence-electron chi connectivity index (χ0n) is 14.9. The number of carbonyl (C=O) groups excluding carboxylic acids is 2. The van der Waals surface area contributed by atoms with E-state index >= 15 is 0 Å². The molecule has 0 saturated heterocycles. The van der Waals surface area contributed by atoms with Crippen molar-refractivity contribution in [1.82, 2.24) is 15.1 Å². The summed E-state index contributed by atoms with van der Waals surface area (Å²) in [5.41, 5.74) is 0.675. The minimum absolute atomic E-state index is 0.0536. The van der Waals surface area contributed by atoms with Crippen molar-refractivity contribution in [3.05, 3.63) is 42.7 Å². The summed E-state index contributed by atoms with van der Waals surface area (Å²) in [6.45, 7) is 3.56. The van der Waals surface area contributed by atoms with E-state index in [0.29, 0.717) is 37.1 Å². The summed E-state index contributed by atoms with van der Waals surface area (Å²) >= 11 is 0.